The zero-order valence-corrected chi connectivity index (χ0v) is 14.5. The molecular weight excluding hydrogens is 302 g/mol. The highest BCUT2D eigenvalue weighted by Gasteiger charge is 2.47. The van der Waals surface area contributed by atoms with Crippen molar-refractivity contribution in [1.82, 2.24) is 10.2 Å². The van der Waals surface area contributed by atoms with Gasteiger partial charge in [-0.2, -0.15) is 5.26 Å². The Kier molecular flexibility index (Phi) is 5.97. The van der Waals surface area contributed by atoms with Crippen molar-refractivity contribution in [2.24, 2.45) is 0 Å². The average molecular weight is 327 g/mol. The molecule has 5 nitrogen and oxygen atoms in total. The molecule has 1 fully saturated rings. The number of benzene rings is 1. The molecule has 2 rings (SSSR count). The number of hydrogen-bond donors (Lipinski definition) is 1. The van der Waals surface area contributed by atoms with E-state index in [4.69, 9.17) is 5.26 Å². The molecule has 3 amide bonds. The summed E-state index contributed by atoms with van der Waals surface area (Å²) in [5, 5.41) is 12.0. The predicted molar refractivity (Wildman–Crippen MR) is 92.0 cm³/mol. The first-order valence-corrected chi connectivity index (χ1v) is 8.64. The highest BCUT2D eigenvalue weighted by Crippen LogP contribution is 2.26. The number of nitrogens with one attached hydrogen (secondary N) is 1. The highest BCUT2D eigenvalue weighted by molar-refractivity contribution is 6.06. The Hall–Kier alpha value is -2.35. The number of nitriles is 1. The Morgan fingerprint density at radius 2 is 1.88 bits per heavy atom. The van der Waals surface area contributed by atoms with Crippen molar-refractivity contribution in [2.45, 2.75) is 64.5 Å². The number of unbranched alkanes of at least 4 members (excludes halogenated alkanes) is 4. The highest BCUT2D eigenvalue weighted by atomic mass is 16.2. The Morgan fingerprint density at radius 1 is 1.17 bits per heavy atom. The van der Waals surface area contributed by atoms with Gasteiger partial charge < -0.3 is 5.32 Å². The Bertz CT molecular complexity index is 650. The van der Waals surface area contributed by atoms with Crippen molar-refractivity contribution in [3.05, 3.63) is 35.4 Å². The maximum atomic E-state index is 12.7. The summed E-state index contributed by atoms with van der Waals surface area (Å²) in [6.07, 6.45) is 6.19. The van der Waals surface area contributed by atoms with E-state index >= 15 is 0 Å². The molecule has 1 aliphatic heterocycles. The maximum absolute atomic E-state index is 12.7. The average Bonchev–Trinajstić information content (AvgIpc) is 2.79. The number of carbonyl (C=O) groups is 2. The first-order valence-electron chi connectivity index (χ1n) is 8.64. The van der Waals surface area contributed by atoms with E-state index in [2.05, 4.69) is 18.3 Å². The second kappa shape index (κ2) is 7.96. The molecule has 0 saturated carbocycles. The minimum Gasteiger partial charge on any atom is -0.323 e. The number of carbonyl (C=O) groups excluding carboxylic acids is 2. The van der Waals surface area contributed by atoms with Gasteiger partial charge in [0, 0.05) is 0 Å². The molecule has 1 aromatic carbocycles. The third-order valence-electron chi connectivity index (χ3n) is 4.59. The Labute approximate surface area is 143 Å². The number of hydrogen-bond acceptors (Lipinski definition) is 3. The predicted octanol–water partition coefficient (Wildman–Crippen LogP) is 3.73. The van der Waals surface area contributed by atoms with Gasteiger partial charge in [0.2, 0.25) is 0 Å². The Balaban J connectivity index is 2.02. The van der Waals surface area contributed by atoms with Crippen LogP contribution in [0.2, 0.25) is 0 Å². The largest absolute Gasteiger partial charge is 0.325 e. The lowest BCUT2D eigenvalue weighted by Crippen LogP contribution is -2.43. The van der Waals surface area contributed by atoms with Crippen LogP contribution in [0.5, 0.6) is 0 Å². The van der Waals surface area contributed by atoms with Crippen LogP contribution in [0, 0.1) is 11.3 Å². The van der Waals surface area contributed by atoms with Gasteiger partial charge in [-0.15, -0.1) is 0 Å². The minimum atomic E-state index is -0.828. The summed E-state index contributed by atoms with van der Waals surface area (Å²) in [4.78, 5) is 26.2. The number of urea groups is 1. The van der Waals surface area contributed by atoms with Crippen LogP contribution in [0.3, 0.4) is 0 Å². The fourth-order valence-electron chi connectivity index (χ4n) is 3.08. The lowest BCUT2D eigenvalue weighted by molar-refractivity contribution is -0.131. The van der Waals surface area contributed by atoms with Gasteiger partial charge in [-0.25, -0.2) is 4.79 Å². The van der Waals surface area contributed by atoms with E-state index in [1.165, 1.54) is 17.7 Å². The van der Waals surface area contributed by atoms with E-state index in [1.807, 2.05) is 6.07 Å². The number of imide groups is 1. The molecule has 1 N–H and O–H groups in total. The van der Waals surface area contributed by atoms with Crippen LogP contribution >= 0.6 is 0 Å². The molecule has 0 aliphatic carbocycles. The third kappa shape index (κ3) is 3.94. The molecule has 0 aromatic heterocycles. The van der Waals surface area contributed by atoms with E-state index in [-0.39, 0.29) is 18.5 Å². The smallest absolute Gasteiger partial charge is 0.323 e. The fourth-order valence-corrected chi connectivity index (χ4v) is 3.08. The first kappa shape index (κ1) is 18.0. The third-order valence-corrected chi connectivity index (χ3v) is 4.59. The second-order valence-electron chi connectivity index (χ2n) is 6.59. The monoisotopic (exact) mass is 327 g/mol. The van der Waals surface area contributed by atoms with Crippen LogP contribution < -0.4 is 5.32 Å². The minimum absolute atomic E-state index is 0.139. The number of nitrogens with zero attached hydrogens (tertiary/aromatic N) is 2. The van der Waals surface area contributed by atoms with Crippen molar-refractivity contribution < 1.29 is 9.59 Å². The van der Waals surface area contributed by atoms with Crippen LogP contribution in [0.15, 0.2) is 24.3 Å². The quantitative estimate of drug-likeness (QED) is 0.584. The molecule has 1 unspecified atom stereocenters. The molecule has 0 radical (unpaired) electrons. The van der Waals surface area contributed by atoms with Gasteiger partial charge in [-0.1, -0.05) is 57.2 Å². The summed E-state index contributed by atoms with van der Waals surface area (Å²) in [5.74, 6) is -0.198. The molecule has 24 heavy (non-hydrogen) atoms. The lowest BCUT2D eigenvalue weighted by Gasteiger charge is -2.21. The SMILES string of the molecule is CCCCCCCC1(C)NC(=O)N(Cc2ccccc2C#N)C1=O. The molecule has 5 heteroatoms. The standard InChI is InChI=1S/C19H25N3O2/c1-3-4-5-6-9-12-19(2)17(23)22(18(24)21-19)14-16-11-8-7-10-15(16)13-20/h7-8,10-11H,3-6,9,12,14H2,1-2H3,(H,21,24). The van der Waals surface area contributed by atoms with Gasteiger partial charge in [-0.3, -0.25) is 9.69 Å². The summed E-state index contributed by atoms with van der Waals surface area (Å²) in [6.45, 7) is 4.10. The zero-order valence-electron chi connectivity index (χ0n) is 14.5. The molecule has 1 saturated heterocycles. The summed E-state index contributed by atoms with van der Waals surface area (Å²) in [5.41, 5.74) is 0.354. The molecule has 1 heterocycles. The molecule has 1 aromatic rings. The summed E-state index contributed by atoms with van der Waals surface area (Å²) >= 11 is 0. The van der Waals surface area contributed by atoms with E-state index in [0.29, 0.717) is 17.5 Å². The van der Waals surface area contributed by atoms with Crippen molar-refractivity contribution in [1.29, 1.82) is 5.26 Å². The normalized spacial score (nSPS) is 20.1. The van der Waals surface area contributed by atoms with E-state index in [9.17, 15) is 9.59 Å². The fraction of sp³-hybridized carbons (Fsp3) is 0.526. The van der Waals surface area contributed by atoms with Crippen LogP contribution in [-0.2, 0) is 11.3 Å². The van der Waals surface area contributed by atoms with Gasteiger partial charge in [-0.05, 0) is 25.0 Å². The summed E-state index contributed by atoms with van der Waals surface area (Å²) in [7, 11) is 0. The Morgan fingerprint density at radius 3 is 2.58 bits per heavy atom. The van der Waals surface area contributed by atoms with E-state index < -0.39 is 5.54 Å². The lowest BCUT2D eigenvalue weighted by atomic mass is 9.94. The van der Waals surface area contributed by atoms with Crippen molar-refractivity contribution in [2.75, 3.05) is 0 Å². The van der Waals surface area contributed by atoms with Crippen molar-refractivity contribution in [3.8, 4) is 6.07 Å². The van der Waals surface area contributed by atoms with Gasteiger partial charge in [0.05, 0.1) is 18.2 Å². The molecule has 1 aliphatic rings. The van der Waals surface area contributed by atoms with Gasteiger partial charge in [0.15, 0.2) is 0 Å². The molecule has 0 bridgehead atoms. The number of rotatable bonds is 8. The van der Waals surface area contributed by atoms with Gasteiger partial charge in [0.25, 0.3) is 5.91 Å². The van der Waals surface area contributed by atoms with E-state index in [0.717, 1.165) is 19.3 Å². The van der Waals surface area contributed by atoms with Gasteiger partial charge >= 0.3 is 6.03 Å². The maximum Gasteiger partial charge on any atom is 0.325 e. The van der Waals surface area contributed by atoms with Gasteiger partial charge in [0.1, 0.15) is 5.54 Å². The molecule has 1 atom stereocenters. The zero-order chi connectivity index (χ0) is 17.6. The van der Waals surface area contributed by atoms with E-state index in [1.54, 1.807) is 25.1 Å². The topological polar surface area (TPSA) is 73.2 Å². The molecule has 0 spiro atoms. The molecular formula is C19H25N3O2. The summed E-state index contributed by atoms with van der Waals surface area (Å²) < 4.78 is 0. The van der Waals surface area contributed by atoms with Crippen LogP contribution in [0.4, 0.5) is 4.79 Å². The van der Waals surface area contributed by atoms with Crippen LogP contribution in [0.1, 0.15) is 63.5 Å². The second-order valence-corrected chi connectivity index (χ2v) is 6.59. The van der Waals surface area contributed by atoms with Crippen molar-refractivity contribution in [3.63, 3.8) is 0 Å². The summed E-state index contributed by atoms with van der Waals surface area (Å²) in [6, 6.07) is 8.78. The first-order chi connectivity index (χ1) is 11.5. The van der Waals surface area contributed by atoms with Crippen molar-refractivity contribution >= 4 is 11.9 Å². The molecule has 128 valence electrons. The number of amides is 3. The van der Waals surface area contributed by atoms with Crippen LogP contribution in [-0.4, -0.2) is 22.4 Å². The van der Waals surface area contributed by atoms with Crippen LogP contribution in [0.25, 0.3) is 0 Å².